The lowest BCUT2D eigenvalue weighted by atomic mass is 10.2. The van der Waals surface area contributed by atoms with Crippen LogP contribution in [0.1, 0.15) is 33.1 Å². The van der Waals surface area contributed by atoms with Gasteiger partial charge >= 0.3 is 5.97 Å². The number of furan rings is 2. The van der Waals surface area contributed by atoms with Crippen LogP contribution in [-0.2, 0) is 20.9 Å². The van der Waals surface area contributed by atoms with E-state index in [1.807, 2.05) is 30.3 Å². The van der Waals surface area contributed by atoms with Crippen molar-refractivity contribution < 1.29 is 32.7 Å². The largest absolute Gasteiger partial charge is 0.467 e. The molecule has 5 N–H and O–H groups in total. The molecule has 2 saturated heterocycles. The standard InChI is InChI=1S/C19H24N4O3.C14H21N3O4/c24-18(21-13-15-5-2-1-3-6-15)16(14-23-10-8-20-9-11-23)22-19(25)17-7-4-12-26-17;1-20-14(19)11(4-7-17-8-5-15-6-9-17)16-13(18)12-3-2-10-21-12/h1-7,12,16,20H,8-11,13-14H2,(H,21,24)(H,22,25);2-3,10-11,15H,4-9H2,1H3,(H,16,18). The van der Waals surface area contributed by atoms with E-state index in [0.29, 0.717) is 19.5 Å². The predicted molar refractivity (Wildman–Crippen MR) is 173 cm³/mol. The molecule has 3 amide bonds. The Kier molecular flexibility index (Phi) is 14.5. The second-order valence-corrected chi connectivity index (χ2v) is 11.2. The van der Waals surface area contributed by atoms with Gasteiger partial charge in [0.15, 0.2) is 11.5 Å². The summed E-state index contributed by atoms with van der Waals surface area (Å²) in [5.74, 6) is -1.05. The highest BCUT2D eigenvalue weighted by molar-refractivity contribution is 5.95. The predicted octanol–water partition coefficient (Wildman–Crippen LogP) is 0.446. The average Bonchev–Trinajstić information content (AvgIpc) is 3.86. The van der Waals surface area contributed by atoms with Gasteiger partial charge < -0.3 is 45.1 Å². The van der Waals surface area contributed by atoms with Crippen LogP contribution >= 0.6 is 0 Å². The van der Waals surface area contributed by atoms with Crippen LogP contribution in [0.4, 0.5) is 0 Å². The number of hydrogen-bond acceptors (Lipinski definition) is 11. The van der Waals surface area contributed by atoms with Crippen molar-refractivity contribution in [2.24, 2.45) is 0 Å². The number of nitrogens with one attached hydrogen (secondary N) is 5. The third-order valence-corrected chi connectivity index (χ3v) is 7.81. The van der Waals surface area contributed by atoms with E-state index >= 15 is 0 Å². The number of hydrogen-bond donors (Lipinski definition) is 5. The number of nitrogens with zero attached hydrogens (tertiary/aromatic N) is 2. The van der Waals surface area contributed by atoms with E-state index in [1.165, 1.54) is 19.6 Å². The fraction of sp³-hybridized carbons (Fsp3) is 0.455. The zero-order chi connectivity index (χ0) is 33.3. The smallest absolute Gasteiger partial charge is 0.328 e. The normalized spacial score (nSPS) is 16.5. The van der Waals surface area contributed by atoms with Crippen LogP contribution in [-0.4, -0.2) is 118 Å². The van der Waals surface area contributed by atoms with Crippen LogP contribution in [0.5, 0.6) is 0 Å². The molecule has 0 radical (unpaired) electrons. The van der Waals surface area contributed by atoms with Gasteiger partial charge in [-0.3, -0.25) is 19.3 Å². The van der Waals surface area contributed by atoms with E-state index in [1.54, 1.807) is 24.3 Å². The van der Waals surface area contributed by atoms with Crippen molar-refractivity contribution in [3.8, 4) is 0 Å². The molecule has 2 aliphatic rings. The first kappa shape index (κ1) is 35.4. The van der Waals surface area contributed by atoms with E-state index in [4.69, 9.17) is 13.6 Å². The SMILES string of the molecule is COC(=O)C(CCN1CCNCC1)NC(=O)c1ccco1.O=C(NC(CN1CCNCC1)C(=O)NCc1ccccc1)c1ccco1. The van der Waals surface area contributed by atoms with Crippen molar-refractivity contribution in [3.63, 3.8) is 0 Å². The molecule has 3 aromatic rings. The number of piperazine rings is 2. The topological polar surface area (TPSA) is 170 Å². The van der Waals surface area contributed by atoms with E-state index in [-0.39, 0.29) is 23.3 Å². The van der Waals surface area contributed by atoms with Crippen molar-refractivity contribution >= 4 is 23.7 Å². The lowest BCUT2D eigenvalue weighted by Crippen LogP contribution is -2.55. The van der Waals surface area contributed by atoms with Gasteiger partial charge in [0.2, 0.25) is 5.91 Å². The van der Waals surface area contributed by atoms with Gasteiger partial charge in [-0.2, -0.15) is 0 Å². The summed E-state index contributed by atoms with van der Waals surface area (Å²) in [6.07, 6.45) is 3.37. The second kappa shape index (κ2) is 19.2. The summed E-state index contributed by atoms with van der Waals surface area (Å²) >= 11 is 0. The molecule has 0 aliphatic carbocycles. The number of carbonyl (C=O) groups excluding carboxylic acids is 4. The fourth-order valence-electron chi connectivity index (χ4n) is 5.17. The maximum absolute atomic E-state index is 12.7. The molecule has 254 valence electrons. The molecule has 5 rings (SSSR count). The third kappa shape index (κ3) is 12.0. The Balaban J connectivity index is 0.000000218. The molecule has 2 atom stereocenters. The van der Waals surface area contributed by atoms with Gasteiger partial charge in [0.1, 0.15) is 12.1 Å². The van der Waals surface area contributed by atoms with Gasteiger partial charge in [0.05, 0.1) is 19.6 Å². The highest BCUT2D eigenvalue weighted by Gasteiger charge is 2.26. The zero-order valence-corrected chi connectivity index (χ0v) is 26.7. The molecule has 4 heterocycles. The molecule has 0 bridgehead atoms. The van der Waals surface area contributed by atoms with Crippen molar-refractivity contribution in [3.05, 3.63) is 84.2 Å². The summed E-state index contributed by atoms with van der Waals surface area (Å²) < 4.78 is 14.9. The number of carbonyl (C=O) groups is 4. The third-order valence-electron chi connectivity index (χ3n) is 7.81. The summed E-state index contributed by atoms with van der Waals surface area (Å²) in [6, 6.07) is 14.8. The lowest BCUT2D eigenvalue weighted by molar-refractivity contribution is -0.143. The van der Waals surface area contributed by atoms with E-state index in [2.05, 4.69) is 36.4 Å². The second-order valence-electron chi connectivity index (χ2n) is 11.2. The highest BCUT2D eigenvalue weighted by Crippen LogP contribution is 2.06. The maximum atomic E-state index is 12.7. The lowest BCUT2D eigenvalue weighted by Gasteiger charge is -2.30. The van der Waals surface area contributed by atoms with Crippen LogP contribution in [0.25, 0.3) is 0 Å². The molecule has 14 heteroatoms. The van der Waals surface area contributed by atoms with E-state index < -0.39 is 24.0 Å². The van der Waals surface area contributed by atoms with Gasteiger partial charge in [0, 0.05) is 72.0 Å². The monoisotopic (exact) mass is 651 g/mol. The Morgan fingerprint density at radius 2 is 1.32 bits per heavy atom. The van der Waals surface area contributed by atoms with Crippen LogP contribution in [0.15, 0.2) is 76.0 Å². The van der Waals surface area contributed by atoms with Crippen LogP contribution in [0, 0.1) is 0 Å². The van der Waals surface area contributed by atoms with Crippen LogP contribution in [0.2, 0.25) is 0 Å². The van der Waals surface area contributed by atoms with E-state index in [9.17, 15) is 19.2 Å². The molecule has 1 aromatic carbocycles. The number of amides is 3. The number of esters is 1. The van der Waals surface area contributed by atoms with Crippen molar-refractivity contribution in [2.75, 3.05) is 72.6 Å². The molecule has 2 fully saturated rings. The first-order chi connectivity index (χ1) is 22.9. The summed E-state index contributed by atoms with van der Waals surface area (Å²) in [6.45, 7) is 8.86. The number of benzene rings is 1. The minimum atomic E-state index is -0.664. The zero-order valence-electron chi connectivity index (χ0n) is 26.7. The molecule has 0 saturated carbocycles. The van der Waals surface area contributed by atoms with Crippen LogP contribution < -0.4 is 26.6 Å². The summed E-state index contributed by atoms with van der Waals surface area (Å²) in [5.41, 5.74) is 1.01. The Bertz CT molecular complexity index is 1360. The van der Waals surface area contributed by atoms with Crippen molar-refractivity contribution in [1.82, 2.24) is 36.4 Å². The quantitative estimate of drug-likeness (QED) is 0.163. The number of ether oxygens (including phenoxy) is 1. The van der Waals surface area contributed by atoms with E-state index in [0.717, 1.165) is 64.5 Å². The summed E-state index contributed by atoms with van der Waals surface area (Å²) in [7, 11) is 1.32. The molecule has 0 spiro atoms. The van der Waals surface area contributed by atoms with Gasteiger partial charge in [-0.15, -0.1) is 0 Å². The molecule has 47 heavy (non-hydrogen) atoms. The minimum absolute atomic E-state index is 0.186. The number of rotatable bonds is 13. The van der Waals surface area contributed by atoms with Gasteiger partial charge in [-0.1, -0.05) is 30.3 Å². The molecule has 2 aromatic heterocycles. The molecular formula is C33H45N7O7. The Morgan fingerprint density at radius 1 is 0.766 bits per heavy atom. The van der Waals surface area contributed by atoms with Gasteiger partial charge in [-0.25, -0.2) is 4.79 Å². The number of methoxy groups -OCH3 is 1. The minimum Gasteiger partial charge on any atom is -0.467 e. The Morgan fingerprint density at radius 3 is 1.85 bits per heavy atom. The Hall–Kier alpha value is -4.50. The average molecular weight is 652 g/mol. The molecule has 14 nitrogen and oxygen atoms in total. The summed E-state index contributed by atoms with van der Waals surface area (Å²) in [5, 5.41) is 14.9. The van der Waals surface area contributed by atoms with Gasteiger partial charge in [-0.05, 0) is 36.2 Å². The van der Waals surface area contributed by atoms with Crippen LogP contribution in [0.3, 0.4) is 0 Å². The van der Waals surface area contributed by atoms with Gasteiger partial charge in [0.25, 0.3) is 11.8 Å². The maximum Gasteiger partial charge on any atom is 0.328 e. The first-order valence-corrected chi connectivity index (χ1v) is 15.9. The Labute approximate surface area is 274 Å². The highest BCUT2D eigenvalue weighted by atomic mass is 16.5. The summed E-state index contributed by atoms with van der Waals surface area (Å²) in [4.78, 5) is 53.2. The molecular weight excluding hydrogens is 606 g/mol. The molecule has 2 aliphatic heterocycles. The molecule has 2 unspecified atom stereocenters. The first-order valence-electron chi connectivity index (χ1n) is 15.9. The van der Waals surface area contributed by atoms with Crippen molar-refractivity contribution in [1.29, 1.82) is 0 Å². The fourth-order valence-corrected chi connectivity index (χ4v) is 5.17. The van der Waals surface area contributed by atoms with Crippen molar-refractivity contribution in [2.45, 2.75) is 25.0 Å².